The molecule has 0 saturated heterocycles. The summed E-state index contributed by atoms with van der Waals surface area (Å²) in [6.45, 7) is 3.89. The van der Waals surface area contributed by atoms with E-state index in [-0.39, 0.29) is 5.92 Å². The molecule has 4 heteroatoms. The minimum atomic E-state index is -0.712. The van der Waals surface area contributed by atoms with Gasteiger partial charge in [-0.15, -0.1) is 0 Å². The van der Waals surface area contributed by atoms with Gasteiger partial charge in [0.2, 0.25) is 0 Å². The number of anilines is 1. The molecule has 0 aliphatic carbocycles. The molecule has 112 valence electrons. The normalized spacial score (nSPS) is 13.8. The molecular weight excluding hydrogens is 264 g/mol. The molecule has 0 aliphatic heterocycles. The summed E-state index contributed by atoms with van der Waals surface area (Å²) < 4.78 is 0. The SMILES string of the molecule is CC(CCCC(C)C(=O)O)Nc1ccnc2ccccc12. The predicted molar refractivity (Wildman–Crippen MR) is 85.5 cm³/mol. The number of fused-ring (bicyclic) bond motifs is 1. The minimum absolute atomic E-state index is 0.265. The van der Waals surface area contributed by atoms with Gasteiger partial charge in [0.1, 0.15) is 0 Å². The smallest absolute Gasteiger partial charge is 0.306 e. The van der Waals surface area contributed by atoms with E-state index in [0.29, 0.717) is 6.04 Å². The van der Waals surface area contributed by atoms with Crippen LogP contribution in [0.2, 0.25) is 0 Å². The molecule has 0 aliphatic rings. The van der Waals surface area contributed by atoms with Crippen LogP contribution in [-0.2, 0) is 4.79 Å². The number of aliphatic carboxylic acids is 1. The zero-order valence-electron chi connectivity index (χ0n) is 12.5. The minimum Gasteiger partial charge on any atom is -0.481 e. The second-order valence-corrected chi connectivity index (χ2v) is 5.59. The van der Waals surface area contributed by atoms with Gasteiger partial charge >= 0.3 is 5.97 Å². The van der Waals surface area contributed by atoms with Crippen molar-refractivity contribution in [3.05, 3.63) is 36.5 Å². The Morgan fingerprint density at radius 1 is 1.24 bits per heavy atom. The number of hydrogen-bond acceptors (Lipinski definition) is 3. The van der Waals surface area contributed by atoms with Crippen molar-refractivity contribution >= 4 is 22.6 Å². The molecule has 0 bridgehead atoms. The second-order valence-electron chi connectivity index (χ2n) is 5.59. The van der Waals surface area contributed by atoms with Gasteiger partial charge in [0, 0.05) is 23.3 Å². The van der Waals surface area contributed by atoms with E-state index < -0.39 is 5.97 Å². The van der Waals surface area contributed by atoms with Gasteiger partial charge in [0.05, 0.1) is 11.4 Å². The first-order valence-corrected chi connectivity index (χ1v) is 7.41. The molecule has 4 nitrogen and oxygen atoms in total. The zero-order valence-corrected chi connectivity index (χ0v) is 12.5. The van der Waals surface area contributed by atoms with Crippen molar-refractivity contribution in [3.63, 3.8) is 0 Å². The van der Waals surface area contributed by atoms with Crippen molar-refractivity contribution in [3.8, 4) is 0 Å². The van der Waals surface area contributed by atoms with E-state index in [4.69, 9.17) is 5.11 Å². The van der Waals surface area contributed by atoms with Gasteiger partial charge in [0.25, 0.3) is 0 Å². The fourth-order valence-electron chi connectivity index (χ4n) is 2.41. The molecule has 0 radical (unpaired) electrons. The van der Waals surface area contributed by atoms with Gasteiger partial charge in [-0.1, -0.05) is 31.5 Å². The van der Waals surface area contributed by atoms with Crippen molar-refractivity contribution in [2.45, 2.75) is 39.2 Å². The Morgan fingerprint density at radius 2 is 2.00 bits per heavy atom. The van der Waals surface area contributed by atoms with E-state index in [9.17, 15) is 4.79 Å². The van der Waals surface area contributed by atoms with Crippen LogP contribution >= 0.6 is 0 Å². The molecule has 2 N–H and O–H groups in total. The zero-order chi connectivity index (χ0) is 15.2. The molecule has 0 amide bonds. The van der Waals surface area contributed by atoms with Gasteiger partial charge in [-0.3, -0.25) is 9.78 Å². The summed E-state index contributed by atoms with van der Waals surface area (Å²) in [6.07, 6.45) is 4.39. The van der Waals surface area contributed by atoms with Crippen LogP contribution in [0.4, 0.5) is 5.69 Å². The maximum absolute atomic E-state index is 10.8. The summed E-state index contributed by atoms with van der Waals surface area (Å²) in [7, 11) is 0. The van der Waals surface area contributed by atoms with E-state index in [1.54, 1.807) is 6.92 Å². The Hall–Kier alpha value is -2.10. The van der Waals surface area contributed by atoms with Crippen molar-refractivity contribution in [1.29, 1.82) is 0 Å². The number of hydrogen-bond donors (Lipinski definition) is 2. The Labute approximate surface area is 125 Å². The molecule has 0 spiro atoms. The van der Waals surface area contributed by atoms with Crippen LogP contribution in [0.25, 0.3) is 10.9 Å². The first-order chi connectivity index (χ1) is 10.1. The van der Waals surface area contributed by atoms with Crippen LogP contribution in [0.5, 0.6) is 0 Å². The third-order valence-corrected chi connectivity index (χ3v) is 3.75. The molecule has 2 unspecified atom stereocenters. The Kier molecular flexibility index (Phi) is 5.14. The van der Waals surface area contributed by atoms with Crippen LogP contribution in [0.1, 0.15) is 33.1 Å². The summed E-state index contributed by atoms with van der Waals surface area (Å²) in [5.41, 5.74) is 2.06. The largest absolute Gasteiger partial charge is 0.481 e. The van der Waals surface area contributed by atoms with E-state index in [1.165, 1.54) is 0 Å². The molecular formula is C17H22N2O2. The van der Waals surface area contributed by atoms with Gasteiger partial charge in [0.15, 0.2) is 0 Å². The fourth-order valence-corrected chi connectivity index (χ4v) is 2.41. The molecule has 2 rings (SSSR count). The number of carbonyl (C=O) groups is 1. The lowest BCUT2D eigenvalue weighted by Crippen LogP contribution is -2.16. The Balaban J connectivity index is 1.92. The first kappa shape index (κ1) is 15.3. The third kappa shape index (κ3) is 4.18. The first-order valence-electron chi connectivity index (χ1n) is 7.41. The maximum atomic E-state index is 10.8. The lowest BCUT2D eigenvalue weighted by atomic mass is 10.0. The van der Waals surface area contributed by atoms with Crippen molar-refractivity contribution in [2.75, 3.05) is 5.32 Å². The molecule has 1 aromatic heterocycles. The lowest BCUT2D eigenvalue weighted by molar-refractivity contribution is -0.141. The van der Waals surface area contributed by atoms with Crippen LogP contribution in [-0.4, -0.2) is 22.1 Å². The average molecular weight is 286 g/mol. The molecule has 2 atom stereocenters. The highest BCUT2D eigenvalue weighted by Crippen LogP contribution is 2.22. The van der Waals surface area contributed by atoms with Crippen LogP contribution in [0, 0.1) is 5.92 Å². The number of carboxylic acids is 1. The fraction of sp³-hybridized carbons (Fsp3) is 0.412. The number of nitrogens with zero attached hydrogens (tertiary/aromatic N) is 1. The number of aromatic nitrogens is 1. The van der Waals surface area contributed by atoms with E-state index in [1.807, 2.05) is 30.5 Å². The standard InChI is InChI=1S/C17H22N2O2/c1-12(17(20)21)6-5-7-13(2)19-16-10-11-18-15-9-4-3-8-14(15)16/h3-4,8-13H,5-7H2,1-2H3,(H,18,19)(H,20,21). The molecule has 2 aromatic rings. The number of carboxylic acid groups (broad SMARTS) is 1. The number of pyridine rings is 1. The van der Waals surface area contributed by atoms with E-state index >= 15 is 0 Å². The van der Waals surface area contributed by atoms with Crippen LogP contribution in [0.3, 0.4) is 0 Å². The molecule has 0 fully saturated rings. The Bertz CT molecular complexity index is 607. The highest BCUT2D eigenvalue weighted by atomic mass is 16.4. The molecule has 1 heterocycles. The topological polar surface area (TPSA) is 62.2 Å². The number of benzene rings is 1. The van der Waals surface area contributed by atoms with Gasteiger partial charge in [-0.2, -0.15) is 0 Å². The van der Waals surface area contributed by atoms with Crippen molar-refractivity contribution in [1.82, 2.24) is 4.98 Å². The highest BCUT2D eigenvalue weighted by Gasteiger charge is 2.11. The van der Waals surface area contributed by atoms with Crippen molar-refractivity contribution in [2.24, 2.45) is 5.92 Å². The average Bonchev–Trinajstić information content (AvgIpc) is 2.47. The summed E-state index contributed by atoms with van der Waals surface area (Å²) >= 11 is 0. The number of para-hydroxylation sites is 1. The maximum Gasteiger partial charge on any atom is 0.306 e. The summed E-state index contributed by atoms with van der Waals surface area (Å²) in [4.78, 5) is 15.1. The quantitative estimate of drug-likeness (QED) is 0.809. The molecule has 21 heavy (non-hydrogen) atoms. The molecule has 0 saturated carbocycles. The monoisotopic (exact) mass is 286 g/mol. The lowest BCUT2D eigenvalue weighted by Gasteiger charge is -2.17. The molecule has 1 aromatic carbocycles. The highest BCUT2D eigenvalue weighted by molar-refractivity contribution is 5.90. The van der Waals surface area contributed by atoms with Gasteiger partial charge in [-0.05, 0) is 31.9 Å². The van der Waals surface area contributed by atoms with Gasteiger partial charge in [-0.25, -0.2) is 0 Å². The summed E-state index contributed by atoms with van der Waals surface area (Å²) in [5.74, 6) is -0.977. The summed E-state index contributed by atoms with van der Waals surface area (Å²) in [5, 5.41) is 13.5. The van der Waals surface area contributed by atoms with E-state index in [0.717, 1.165) is 35.9 Å². The summed E-state index contributed by atoms with van der Waals surface area (Å²) in [6, 6.07) is 10.3. The second kappa shape index (κ2) is 7.07. The van der Waals surface area contributed by atoms with Crippen LogP contribution < -0.4 is 5.32 Å². The number of nitrogens with one attached hydrogen (secondary N) is 1. The predicted octanol–water partition coefficient (Wildman–Crippen LogP) is 3.93. The number of rotatable bonds is 7. The third-order valence-electron chi connectivity index (χ3n) is 3.75. The van der Waals surface area contributed by atoms with Gasteiger partial charge < -0.3 is 10.4 Å². The van der Waals surface area contributed by atoms with Crippen molar-refractivity contribution < 1.29 is 9.90 Å². The van der Waals surface area contributed by atoms with Crippen LogP contribution in [0.15, 0.2) is 36.5 Å². The van der Waals surface area contributed by atoms with E-state index in [2.05, 4.69) is 23.3 Å². The Morgan fingerprint density at radius 3 is 2.76 bits per heavy atom.